The molecular formula is C41H29N3. The molecule has 3 heteroatoms. The average Bonchev–Trinajstić information content (AvgIpc) is 3.55. The minimum Gasteiger partial charge on any atom is -0.309 e. The molecular weight excluding hydrogens is 534 g/mol. The van der Waals surface area contributed by atoms with E-state index in [-0.39, 0.29) is 0 Å². The van der Waals surface area contributed by atoms with Crippen LogP contribution in [0.2, 0.25) is 0 Å². The molecule has 3 aromatic heterocycles. The molecule has 0 amide bonds. The molecule has 0 spiro atoms. The molecule has 0 saturated carbocycles. The molecule has 0 aliphatic heterocycles. The maximum atomic E-state index is 4.84. The number of para-hydroxylation sites is 1. The molecule has 0 N–H and O–H groups in total. The highest BCUT2D eigenvalue weighted by Crippen LogP contribution is 2.40. The normalized spacial score (nSPS) is 11.9. The van der Waals surface area contributed by atoms with Crippen molar-refractivity contribution in [2.75, 3.05) is 0 Å². The fraction of sp³-hybridized carbons (Fsp3) is 0.0488. The number of pyridine rings is 1. The summed E-state index contributed by atoms with van der Waals surface area (Å²) in [4.78, 5) is 4.84. The van der Waals surface area contributed by atoms with Gasteiger partial charge in [0.25, 0.3) is 0 Å². The fourth-order valence-electron chi connectivity index (χ4n) is 6.89. The Hall–Kier alpha value is -5.67. The van der Waals surface area contributed by atoms with Gasteiger partial charge in [0.2, 0.25) is 0 Å². The summed E-state index contributed by atoms with van der Waals surface area (Å²) in [5.74, 6) is 0. The molecule has 0 unspecified atom stereocenters. The van der Waals surface area contributed by atoms with E-state index in [1.54, 1.807) is 0 Å². The van der Waals surface area contributed by atoms with Crippen LogP contribution in [0.1, 0.15) is 11.1 Å². The Morgan fingerprint density at radius 3 is 1.98 bits per heavy atom. The van der Waals surface area contributed by atoms with Gasteiger partial charge in [-0.1, -0.05) is 83.9 Å². The lowest BCUT2D eigenvalue weighted by Crippen LogP contribution is -1.96. The van der Waals surface area contributed by atoms with Crippen LogP contribution in [0.3, 0.4) is 0 Å². The molecule has 6 aromatic carbocycles. The highest BCUT2D eigenvalue weighted by atomic mass is 15.0. The molecule has 9 rings (SSSR count). The Kier molecular flexibility index (Phi) is 5.33. The number of benzene rings is 6. The van der Waals surface area contributed by atoms with Crippen LogP contribution < -0.4 is 0 Å². The first-order chi connectivity index (χ1) is 21.6. The monoisotopic (exact) mass is 563 g/mol. The lowest BCUT2D eigenvalue weighted by Gasteiger charge is -2.12. The number of hydrogen-bond acceptors (Lipinski definition) is 1. The van der Waals surface area contributed by atoms with Gasteiger partial charge in [-0.15, -0.1) is 0 Å². The van der Waals surface area contributed by atoms with Crippen molar-refractivity contribution in [3.8, 4) is 22.6 Å². The molecule has 208 valence electrons. The highest BCUT2D eigenvalue weighted by molar-refractivity contribution is 6.19. The zero-order valence-corrected chi connectivity index (χ0v) is 24.6. The van der Waals surface area contributed by atoms with E-state index in [2.05, 4.69) is 156 Å². The van der Waals surface area contributed by atoms with E-state index < -0.39 is 0 Å². The summed E-state index contributed by atoms with van der Waals surface area (Å²) in [6.07, 6.45) is 1.97. The average molecular weight is 564 g/mol. The van der Waals surface area contributed by atoms with E-state index in [0.717, 1.165) is 22.3 Å². The second-order valence-electron chi connectivity index (χ2n) is 11.9. The Balaban J connectivity index is 1.35. The van der Waals surface area contributed by atoms with E-state index in [1.807, 2.05) is 6.20 Å². The van der Waals surface area contributed by atoms with Crippen LogP contribution in [0.5, 0.6) is 0 Å². The molecule has 0 aliphatic carbocycles. The van der Waals surface area contributed by atoms with Crippen molar-refractivity contribution in [2.45, 2.75) is 13.8 Å². The van der Waals surface area contributed by atoms with Crippen LogP contribution in [0.15, 0.2) is 140 Å². The summed E-state index contributed by atoms with van der Waals surface area (Å²) in [5.41, 5.74) is 11.7. The van der Waals surface area contributed by atoms with Crippen LogP contribution in [0.4, 0.5) is 0 Å². The summed E-state index contributed by atoms with van der Waals surface area (Å²) >= 11 is 0. The van der Waals surface area contributed by atoms with E-state index in [1.165, 1.54) is 65.8 Å². The van der Waals surface area contributed by atoms with Crippen LogP contribution >= 0.6 is 0 Å². The molecule has 0 bridgehead atoms. The number of rotatable bonds is 3. The standard InChI is InChI=1S/C41H29N3/c1-26-14-17-31(18-15-26)43-39-19-16-27(2)20-34(39)36-23-35-33-12-5-6-13-38(33)44(40(35)24-41(36)43)32-11-7-10-29(21-32)37-22-28-8-3-4-9-30(28)25-42-37/h3-25H,1-2H3. The molecule has 0 atom stereocenters. The smallest absolute Gasteiger partial charge is 0.0709 e. The maximum Gasteiger partial charge on any atom is 0.0709 e. The molecule has 0 fully saturated rings. The van der Waals surface area contributed by atoms with Crippen molar-refractivity contribution in [1.29, 1.82) is 0 Å². The van der Waals surface area contributed by atoms with Gasteiger partial charge in [0.15, 0.2) is 0 Å². The van der Waals surface area contributed by atoms with Crippen molar-refractivity contribution < 1.29 is 0 Å². The van der Waals surface area contributed by atoms with Gasteiger partial charge in [-0.2, -0.15) is 0 Å². The lowest BCUT2D eigenvalue weighted by molar-refractivity contribution is 1.16. The predicted molar refractivity (Wildman–Crippen MR) is 185 cm³/mol. The van der Waals surface area contributed by atoms with Crippen molar-refractivity contribution in [3.63, 3.8) is 0 Å². The van der Waals surface area contributed by atoms with Gasteiger partial charge in [-0.3, -0.25) is 4.98 Å². The largest absolute Gasteiger partial charge is 0.309 e. The Morgan fingerprint density at radius 2 is 1.11 bits per heavy atom. The van der Waals surface area contributed by atoms with Crippen molar-refractivity contribution in [3.05, 3.63) is 151 Å². The quantitative estimate of drug-likeness (QED) is 0.210. The third-order valence-electron chi connectivity index (χ3n) is 9.04. The van der Waals surface area contributed by atoms with Gasteiger partial charge < -0.3 is 9.13 Å². The molecule has 0 aliphatic rings. The number of nitrogens with zero attached hydrogens (tertiary/aromatic N) is 3. The topological polar surface area (TPSA) is 22.8 Å². The van der Waals surface area contributed by atoms with Gasteiger partial charge >= 0.3 is 0 Å². The van der Waals surface area contributed by atoms with Crippen molar-refractivity contribution in [2.24, 2.45) is 0 Å². The van der Waals surface area contributed by atoms with Crippen molar-refractivity contribution >= 4 is 54.4 Å². The molecule has 3 nitrogen and oxygen atoms in total. The summed E-state index contributed by atoms with van der Waals surface area (Å²) in [5, 5.41) is 7.41. The summed E-state index contributed by atoms with van der Waals surface area (Å²) in [6.45, 7) is 4.32. The molecule has 9 aromatic rings. The van der Waals surface area contributed by atoms with Gasteiger partial charge in [0.1, 0.15) is 0 Å². The molecule has 0 saturated heterocycles. The Morgan fingerprint density at radius 1 is 0.432 bits per heavy atom. The number of aryl methyl sites for hydroxylation is 2. The Labute approximate surface area is 255 Å². The number of hydrogen-bond donors (Lipinski definition) is 0. The highest BCUT2D eigenvalue weighted by Gasteiger charge is 2.19. The van der Waals surface area contributed by atoms with E-state index >= 15 is 0 Å². The van der Waals surface area contributed by atoms with Crippen molar-refractivity contribution in [1.82, 2.24) is 14.1 Å². The molecule has 3 heterocycles. The van der Waals surface area contributed by atoms with Gasteiger partial charge in [-0.25, -0.2) is 0 Å². The van der Waals surface area contributed by atoms with E-state index in [0.29, 0.717) is 0 Å². The molecule has 0 radical (unpaired) electrons. The minimum atomic E-state index is 0.976. The second-order valence-corrected chi connectivity index (χ2v) is 11.9. The van der Waals surface area contributed by atoms with Gasteiger partial charge in [0.05, 0.1) is 27.8 Å². The lowest BCUT2D eigenvalue weighted by atomic mass is 10.1. The van der Waals surface area contributed by atoms with Crippen LogP contribution in [0, 0.1) is 13.8 Å². The minimum absolute atomic E-state index is 0.976. The van der Waals surface area contributed by atoms with Gasteiger partial charge in [0, 0.05) is 50.1 Å². The maximum absolute atomic E-state index is 4.84. The SMILES string of the molecule is Cc1ccc(-n2c3ccc(C)cc3c3cc4c5ccccc5n(-c5cccc(-c6cc7ccccc7cn6)c5)c4cc32)cc1. The van der Waals surface area contributed by atoms with E-state index in [4.69, 9.17) is 4.98 Å². The summed E-state index contributed by atoms with van der Waals surface area (Å²) < 4.78 is 4.83. The zero-order chi connectivity index (χ0) is 29.4. The predicted octanol–water partition coefficient (Wildman–Crippen LogP) is 10.7. The first-order valence-electron chi connectivity index (χ1n) is 15.1. The second kappa shape index (κ2) is 9.42. The van der Waals surface area contributed by atoms with Crippen LogP contribution in [0.25, 0.3) is 77.0 Å². The van der Waals surface area contributed by atoms with E-state index in [9.17, 15) is 0 Å². The van der Waals surface area contributed by atoms with Crippen LogP contribution in [-0.4, -0.2) is 14.1 Å². The Bertz CT molecular complexity index is 2560. The number of aromatic nitrogens is 3. The fourth-order valence-corrected chi connectivity index (χ4v) is 6.89. The van der Waals surface area contributed by atoms with Crippen LogP contribution in [-0.2, 0) is 0 Å². The summed E-state index contributed by atoms with van der Waals surface area (Å²) in [7, 11) is 0. The number of fused-ring (bicyclic) bond motifs is 7. The zero-order valence-electron chi connectivity index (χ0n) is 24.6. The third kappa shape index (κ3) is 3.73. The molecule has 44 heavy (non-hydrogen) atoms. The first-order valence-corrected chi connectivity index (χ1v) is 15.1. The summed E-state index contributed by atoms with van der Waals surface area (Å²) in [6, 6.07) is 48.6. The third-order valence-corrected chi connectivity index (χ3v) is 9.04. The van der Waals surface area contributed by atoms with Gasteiger partial charge in [-0.05, 0) is 79.9 Å². The first kappa shape index (κ1) is 24.9.